The summed E-state index contributed by atoms with van der Waals surface area (Å²) in [6.45, 7) is 10.8. The van der Waals surface area contributed by atoms with Gasteiger partial charge in [0.15, 0.2) is 5.79 Å². The summed E-state index contributed by atoms with van der Waals surface area (Å²) in [7, 11) is 1.64. The van der Waals surface area contributed by atoms with Gasteiger partial charge >= 0.3 is 5.97 Å². The van der Waals surface area contributed by atoms with Gasteiger partial charge < -0.3 is 18.9 Å². The van der Waals surface area contributed by atoms with Gasteiger partial charge in [0, 0.05) is 12.3 Å². The Kier molecular flexibility index (Phi) is 6.63. The van der Waals surface area contributed by atoms with E-state index in [1.807, 2.05) is 24.3 Å². The van der Waals surface area contributed by atoms with Gasteiger partial charge in [0.1, 0.15) is 11.9 Å². The zero-order valence-corrected chi connectivity index (χ0v) is 25.3. The van der Waals surface area contributed by atoms with Crippen LogP contribution in [0.25, 0.3) is 0 Å². The standard InChI is InChI=1S/C35H50O5/c1-21-12-17-35(38-20-21)22(2)31-30(40-35)19-29-27-11-8-24-18-26(39-32(36)23-6-9-25(37-5)10-7-23)13-15-33(24,3)28(27)14-16-34(29,31)4/h6-7,9-10,21-22,24,26-31H,8,11-20H2,1-5H3/t21-,22+,24-,26-,27+,28-,29-,30-,31-,33-,34-,35+/m0/s1. The molecule has 1 aromatic rings. The Morgan fingerprint density at radius 1 is 0.900 bits per heavy atom. The lowest BCUT2D eigenvalue weighted by Gasteiger charge is -2.61. The van der Waals surface area contributed by atoms with Crippen molar-refractivity contribution >= 4 is 5.97 Å². The fourth-order valence-corrected chi connectivity index (χ4v) is 11.3. The zero-order valence-electron chi connectivity index (χ0n) is 25.3. The van der Waals surface area contributed by atoms with Crippen LogP contribution in [0.1, 0.15) is 102 Å². The number of hydrogen-bond acceptors (Lipinski definition) is 5. The van der Waals surface area contributed by atoms with Gasteiger partial charge in [0.2, 0.25) is 0 Å². The number of methoxy groups -OCH3 is 1. The lowest BCUT2D eigenvalue weighted by Crippen LogP contribution is -2.55. The van der Waals surface area contributed by atoms with Crippen LogP contribution in [0.15, 0.2) is 24.3 Å². The van der Waals surface area contributed by atoms with Crippen LogP contribution in [-0.4, -0.2) is 37.7 Å². The van der Waals surface area contributed by atoms with Gasteiger partial charge in [-0.05, 0) is 128 Å². The van der Waals surface area contributed by atoms with Crippen LogP contribution in [0.5, 0.6) is 5.75 Å². The average molecular weight is 551 g/mol. The molecule has 4 aliphatic carbocycles. The maximum atomic E-state index is 12.9. The third-order valence-corrected chi connectivity index (χ3v) is 13.5. The van der Waals surface area contributed by atoms with E-state index in [0.717, 1.165) is 49.4 Å². The van der Waals surface area contributed by atoms with Crippen molar-refractivity contribution in [1.82, 2.24) is 0 Å². The van der Waals surface area contributed by atoms with E-state index in [-0.39, 0.29) is 17.9 Å². The molecule has 40 heavy (non-hydrogen) atoms. The van der Waals surface area contributed by atoms with Gasteiger partial charge in [-0.15, -0.1) is 0 Å². The van der Waals surface area contributed by atoms with Gasteiger partial charge in [-0.1, -0.05) is 27.7 Å². The second kappa shape index (κ2) is 9.73. The largest absolute Gasteiger partial charge is 0.497 e. The molecule has 1 spiro atoms. The maximum Gasteiger partial charge on any atom is 0.338 e. The minimum absolute atomic E-state index is 0.0348. The van der Waals surface area contributed by atoms with Crippen molar-refractivity contribution in [2.45, 2.75) is 110 Å². The Balaban J connectivity index is 1.03. The molecule has 4 saturated carbocycles. The van der Waals surface area contributed by atoms with E-state index in [4.69, 9.17) is 18.9 Å². The third kappa shape index (κ3) is 4.03. The predicted octanol–water partition coefficient (Wildman–Crippen LogP) is 7.67. The van der Waals surface area contributed by atoms with Crippen LogP contribution in [0.3, 0.4) is 0 Å². The van der Waals surface area contributed by atoms with Crippen LogP contribution in [-0.2, 0) is 14.2 Å². The van der Waals surface area contributed by atoms with E-state index >= 15 is 0 Å². The second-order valence-electron chi connectivity index (χ2n) is 15.2. The van der Waals surface area contributed by atoms with Crippen molar-refractivity contribution in [3.05, 3.63) is 29.8 Å². The molecule has 0 amide bonds. The molecule has 0 N–H and O–H groups in total. The Morgan fingerprint density at radius 2 is 1.68 bits per heavy atom. The minimum Gasteiger partial charge on any atom is -0.497 e. The van der Waals surface area contributed by atoms with Crippen LogP contribution >= 0.6 is 0 Å². The first kappa shape index (κ1) is 27.3. The smallest absolute Gasteiger partial charge is 0.338 e. The Bertz CT molecular complexity index is 1110. The average Bonchev–Trinajstić information content (AvgIpc) is 3.40. The van der Waals surface area contributed by atoms with Gasteiger partial charge in [0.25, 0.3) is 0 Å². The summed E-state index contributed by atoms with van der Waals surface area (Å²) >= 11 is 0. The summed E-state index contributed by atoms with van der Waals surface area (Å²) in [5.41, 5.74) is 1.35. The number of hydrogen-bond donors (Lipinski definition) is 0. The summed E-state index contributed by atoms with van der Waals surface area (Å²) in [4.78, 5) is 12.9. The van der Waals surface area contributed by atoms with E-state index in [2.05, 4.69) is 27.7 Å². The summed E-state index contributed by atoms with van der Waals surface area (Å²) < 4.78 is 24.8. The van der Waals surface area contributed by atoms with Crippen molar-refractivity contribution in [1.29, 1.82) is 0 Å². The third-order valence-electron chi connectivity index (χ3n) is 13.5. The summed E-state index contributed by atoms with van der Waals surface area (Å²) in [6, 6.07) is 7.28. The Hall–Kier alpha value is -1.59. The minimum atomic E-state index is -0.321. The molecule has 2 saturated heterocycles. The summed E-state index contributed by atoms with van der Waals surface area (Å²) in [5.74, 6) is 5.03. The molecule has 1 aromatic carbocycles. The molecular formula is C35H50O5. The number of ether oxygens (including phenoxy) is 4. The van der Waals surface area contributed by atoms with Crippen molar-refractivity contribution in [3.63, 3.8) is 0 Å². The SMILES string of the molecule is COc1ccc(C(=O)O[C@H]2CC[C@@]3(C)[C@@H](CC[C@@H]4[C@@H]3CC[C@]3(C)[C@@H]5[C@H](C[C@@H]43)O[C@]3(CC[C@H](C)CO3)[C@@H]5C)C2)cc1. The molecule has 5 nitrogen and oxygen atoms in total. The number of esters is 1. The van der Waals surface area contributed by atoms with Crippen molar-refractivity contribution < 1.29 is 23.7 Å². The molecule has 0 bridgehead atoms. The fourth-order valence-electron chi connectivity index (χ4n) is 11.3. The van der Waals surface area contributed by atoms with E-state index in [1.54, 1.807) is 7.11 Å². The monoisotopic (exact) mass is 550 g/mol. The van der Waals surface area contributed by atoms with Crippen LogP contribution in [0, 0.1) is 52.3 Å². The van der Waals surface area contributed by atoms with Crippen molar-refractivity contribution in [3.8, 4) is 5.75 Å². The molecule has 6 aliphatic rings. The Morgan fingerprint density at radius 3 is 2.40 bits per heavy atom. The number of rotatable bonds is 3. The Labute approximate surface area is 241 Å². The normalized spacial score (nSPS) is 49.5. The highest BCUT2D eigenvalue weighted by atomic mass is 16.7. The van der Waals surface area contributed by atoms with Crippen LogP contribution in [0.2, 0.25) is 0 Å². The first-order valence-electron chi connectivity index (χ1n) is 16.3. The van der Waals surface area contributed by atoms with Crippen LogP contribution in [0.4, 0.5) is 0 Å². The number of carbonyl (C=O) groups is 1. The number of benzene rings is 1. The molecule has 0 unspecified atom stereocenters. The second-order valence-corrected chi connectivity index (χ2v) is 15.2. The first-order chi connectivity index (χ1) is 19.2. The molecule has 220 valence electrons. The van der Waals surface area contributed by atoms with E-state index in [9.17, 15) is 4.79 Å². The zero-order chi connectivity index (χ0) is 27.9. The molecule has 0 aromatic heterocycles. The van der Waals surface area contributed by atoms with Crippen molar-refractivity contribution in [2.75, 3.05) is 13.7 Å². The maximum absolute atomic E-state index is 12.9. The van der Waals surface area contributed by atoms with E-state index in [0.29, 0.717) is 46.2 Å². The van der Waals surface area contributed by atoms with Gasteiger partial charge in [0.05, 0.1) is 25.4 Å². The molecule has 2 aliphatic heterocycles. The molecule has 5 heteroatoms. The lowest BCUT2D eigenvalue weighted by atomic mass is 9.44. The van der Waals surface area contributed by atoms with Gasteiger partial charge in [-0.2, -0.15) is 0 Å². The topological polar surface area (TPSA) is 54.0 Å². The highest BCUT2D eigenvalue weighted by Crippen LogP contribution is 2.71. The van der Waals surface area contributed by atoms with E-state index in [1.165, 1.54) is 44.9 Å². The quantitative estimate of drug-likeness (QED) is 0.362. The molecule has 6 fully saturated rings. The van der Waals surface area contributed by atoms with Gasteiger partial charge in [-0.25, -0.2) is 4.79 Å². The molecular weight excluding hydrogens is 500 g/mol. The molecule has 0 radical (unpaired) electrons. The number of fused-ring (bicyclic) bond motifs is 7. The summed E-state index contributed by atoms with van der Waals surface area (Å²) in [5, 5.41) is 0. The highest BCUT2D eigenvalue weighted by molar-refractivity contribution is 5.89. The first-order valence-corrected chi connectivity index (χ1v) is 16.3. The van der Waals surface area contributed by atoms with Crippen molar-refractivity contribution in [2.24, 2.45) is 52.3 Å². The summed E-state index contributed by atoms with van der Waals surface area (Å²) in [6.07, 6.45) is 12.4. The van der Waals surface area contributed by atoms with Gasteiger partial charge in [-0.3, -0.25) is 0 Å². The molecule has 2 heterocycles. The number of carbonyl (C=O) groups excluding carboxylic acids is 1. The van der Waals surface area contributed by atoms with E-state index < -0.39 is 0 Å². The van der Waals surface area contributed by atoms with Crippen LogP contribution < -0.4 is 4.74 Å². The molecule has 12 atom stereocenters. The lowest BCUT2D eigenvalue weighted by molar-refractivity contribution is -0.273. The predicted molar refractivity (Wildman–Crippen MR) is 154 cm³/mol. The fraction of sp³-hybridized carbons (Fsp3) is 0.800. The molecule has 7 rings (SSSR count). The highest BCUT2D eigenvalue weighted by Gasteiger charge is 2.69.